The Balaban J connectivity index is 2.02. The molecule has 7 nitrogen and oxygen atoms in total. The van der Waals surface area contributed by atoms with Crippen LogP contribution in [0, 0.1) is 21.8 Å². The van der Waals surface area contributed by atoms with E-state index in [9.17, 15) is 28.0 Å². The Bertz CT molecular complexity index is 1050. The number of nitro groups is 1. The highest BCUT2D eigenvalue weighted by Gasteiger charge is 2.33. The van der Waals surface area contributed by atoms with Crippen LogP contribution in [0.1, 0.15) is 36.5 Å². The summed E-state index contributed by atoms with van der Waals surface area (Å²) in [6, 6.07) is 8.97. The van der Waals surface area contributed by atoms with Gasteiger partial charge in [0.25, 0.3) is 5.69 Å². The van der Waals surface area contributed by atoms with Crippen molar-refractivity contribution >= 4 is 15.7 Å². The maximum absolute atomic E-state index is 14.0. The number of hydrogen-bond acceptors (Lipinski definition) is 5. The molecule has 0 heterocycles. The summed E-state index contributed by atoms with van der Waals surface area (Å²) in [6.45, 7) is 3.18. The van der Waals surface area contributed by atoms with Crippen LogP contribution in [-0.4, -0.2) is 29.3 Å². The molecule has 0 bridgehead atoms. The third-order valence-electron chi connectivity index (χ3n) is 5.38. The van der Waals surface area contributed by atoms with Gasteiger partial charge in [0.15, 0.2) is 4.90 Å². The molecule has 0 aromatic heterocycles. The summed E-state index contributed by atoms with van der Waals surface area (Å²) in [7, 11) is -4.29. The van der Waals surface area contributed by atoms with Gasteiger partial charge >= 0.3 is 0 Å². The number of aliphatic hydroxyl groups is 1. The highest BCUT2D eigenvalue weighted by Crippen LogP contribution is 2.39. The maximum Gasteiger partial charge on any atom is 0.289 e. The van der Waals surface area contributed by atoms with E-state index in [1.807, 2.05) is 0 Å². The number of para-hydroxylation sites is 1. The van der Waals surface area contributed by atoms with Crippen molar-refractivity contribution < 1.29 is 22.8 Å². The first-order chi connectivity index (χ1) is 14.3. The fourth-order valence-corrected chi connectivity index (χ4v) is 5.10. The number of halogens is 1. The number of sulfonamides is 1. The van der Waals surface area contributed by atoms with Crippen molar-refractivity contribution in [1.82, 2.24) is 4.31 Å². The van der Waals surface area contributed by atoms with Crippen molar-refractivity contribution in [2.75, 3.05) is 6.54 Å². The molecule has 3 rings (SSSR count). The smallest absolute Gasteiger partial charge is 0.289 e. The van der Waals surface area contributed by atoms with Gasteiger partial charge in [-0.1, -0.05) is 30.7 Å². The summed E-state index contributed by atoms with van der Waals surface area (Å²) in [6.07, 6.45) is 3.24. The van der Waals surface area contributed by atoms with E-state index in [4.69, 9.17) is 0 Å². The van der Waals surface area contributed by atoms with Crippen LogP contribution >= 0.6 is 0 Å². The molecule has 1 saturated carbocycles. The van der Waals surface area contributed by atoms with Crippen molar-refractivity contribution in [2.24, 2.45) is 5.92 Å². The first-order valence-electron chi connectivity index (χ1n) is 9.56. The maximum atomic E-state index is 14.0. The molecule has 0 spiro atoms. The van der Waals surface area contributed by atoms with E-state index < -0.39 is 37.5 Å². The highest BCUT2D eigenvalue weighted by atomic mass is 32.2. The molecule has 2 aromatic rings. The monoisotopic (exact) mass is 434 g/mol. The quantitative estimate of drug-likeness (QED) is 0.366. The molecule has 2 aromatic carbocycles. The minimum atomic E-state index is -4.29. The molecule has 1 unspecified atom stereocenters. The molecule has 160 valence electrons. The van der Waals surface area contributed by atoms with Crippen molar-refractivity contribution in [3.8, 4) is 0 Å². The summed E-state index contributed by atoms with van der Waals surface area (Å²) in [4.78, 5) is 10.1. The van der Waals surface area contributed by atoms with E-state index in [0.29, 0.717) is 11.1 Å². The average molecular weight is 434 g/mol. The molecule has 1 atom stereocenters. The third kappa shape index (κ3) is 4.43. The zero-order valence-corrected chi connectivity index (χ0v) is 17.1. The van der Waals surface area contributed by atoms with Gasteiger partial charge in [0.2, 0.25) is 10.0 Å². The van der Waals surface area contributed by atoms with Gasteiger partial charge in [-0.3, -0.25) is 10.1 Å². The Morgan fingerprint density at radius 2 is 2.00 bits per heavy atom. The highest BCUT2D eigenvalue weighted by molar-refractivity contribution is 7.89. The van der Waals surface area contributed by atoms with Crippen LogP contribution in [0.15, 0.2) is 60.0 Å². The Hall–Kier alpha value is -2.62. The van der Waals surface area contributed by atoms with E-state index in [0.717, 1.165) is 29.6 Å². The predicted octanol–water partition coefficient (Wildman–Crippen LogP) is 3.94. The summed E-state index contributed by atoms with van der Waals surface area (Å²) in [5.41, 5.74) is 0.242. The molecular weight excluding hydrogens is 411 g/mol. The van der Waals surface area contributed by atoms with E-state index in [2.05, 4.69) is 6.58 Å². The molecular formula is C21H23FN2O5S. The lowest BCUT2D eigenvalue weighted by Gasteiger charge is -2.32. The minimum absolute atomic E-state index is 0.0499. The third-order valence-corrected chi connectivity index (χ3v) is 7.24. The fourth-order valence-electron chi connectivity index (χ4n) is 3.56. The van der Waals surface area contributed by atoms with E-state index >= 15 is 0 Å². The molecule has 1 aliphatic rings. The van der Waals surface area contributed by atoms with E-state index in [-0.39, 0.29) is 19.0 Å². The van der Waals surface area contributed by atoms with E-state index in [1.54, 1.807) is 0 Å². The Morgan fingerprint density at radius 3 is 2.60 bits per heavy atom. The second-order valence-corrected chi connectivity index (χ2v) is 9.20. The summed E-state index contributed by atoms with van der Waals surface area (Å²) < 4.78 is 41.4. The molecule has 1 aliphatic carbocycles. The lowest BCUT2D eigenvalue weighted by molar-refractivity contribution is -0.387. The van der Waals surface area contributed by atoms with Crippen LogP contribution in [0.4, 0.5) is 10.1 Å². The topological polar surface area (TPSA) is 101 Å². The summed E-state index contributed by atoms with van der Waals surface area (Å²) >= 11 is 0. The van der Waals surface area contributed by atoms with Crippen LogP contribution in [0.25, 0.3) is 0 Å². The van der Waals surface area contributed by atoms with Crippen molar-refractivity contribution in [3.05, 3.63) is 82.2 Å². The number of hydrogen-bond donors (Lipinski definition) is 1. The van der Waals surface area contributed by atoms with Crippen LogP contribution in [0.2, 0.25) is 0 Å². The first kappa shape index (κ1) is 22.1. The Kier molecular flexibility index (Phi) is 6.64. The zero-order chi connectivity index (χ0) is 21.9. The van der Waals surface area contributed by atoms with Gasteiger partial charge in [-0.05, 0) is 48.1 Å². The van der Waals surface area contributed by atoms with Gasteiger partial charge in [-0.25, -0.2) is 12.8 Å². The molecule has 0 saturated heterocycles. The molecule has 0 radical (unpaired) electrons. The molecule has 1 N–H and O–H groups in total. The first-order valence-corrected chi connectivity index (χ1v) is 11.0. The molecule has 9 heteroatoms. The number of aliphatic hydroxyl groups excluding tert-OH is 1. The molecule has 0 aliphatic heterocycles. The van der Waals surface area contributed by atoms with Gasteiger partial charge in [0.1, 0.15) is 5.82 Å². The number of nitrogens with zero attached hydrogens (tertiary/aromatic N) is 2. The standard InChI is InChI=1S/C21H23FN2O5S/c1-2-12-23(30(28,29)20-9-4-3-8-19(20)24(26)27)14-16-13-17(22)10-11-18(16)21(25)15-6-5-7-15/h2-4,8-11,13,15,21,25H,1,5-7,12,14H2. The predicted molar refractivity (Wildman–Crippen MR) is 110 cm³/mol. The largest absolute Gasteiger partial charge is 0.388 e. The Morgan fingerprint density at radius 1 is 1.30 bits per heavy atom. The van der Waals surface area contributed by atoms with Crippen molar-refractivity contribution in [3.63, 3.8) is 0 Å². The molecule has 0 amide bonds. The lowest BCUT2D eigenvalue weighted by Crippen LogP contribution is -2.32. The van der Waals surface area contributed by atoms with Gasteiger partial charge in [0, 0.05) is 19.2 Å². The number of nitro benzene ring substituents is 1. The Labute approximate surface area is 174 Å². The van der Waals surface area contributed by atoms with Crippen molar-refractivity contribution in [2.45, 2.75) is 36.8 Å². The number of rotatable bonds is 9. The zero-order valence-electron chi connectivity index (χ0n) is 16.3. The number of benzene rings is 2. The SMILES string of the molecule is C=CCN(Cc1cc(F)ccc1C(O)C1CCC1)S(=O)(=O)c1ccccc1[N+](=O)[O-]. The summed E-state index contributed by atoms with van der Waals surface area (Å²) in [5.74, 6) is -0.509. The lowest BCUT2D eigenvalue weighted by atomic mass is 9.78. The van der Waals surface area contributed by atoms with Gasteiger partial charge in [-0.15, -0.1) is 6.58 Å². The van der Waals surface area contributed by atoms with Crippen LogP contribution < -0.4 is 0 Å². The normalized spacial score (nSPS) is 15.6. The van der Waals surface area contributed by atoms with Gasteiger partial charge < -0.3 is 5.11 Å². The second-order valence-electron chi connectivity index (χ2n) is 7.29. The minimum Gasteiger partial charge on any atom is -0.388 e. The molecule has 1 fully saturated rings. The van der Waals surface area contributed by atoms with Crippen LogP contribution in [0.3, 0.4) is 0 Å². The average Bonchev–Trinajstić information content (AvgIpc) is 2.66. The van der Waals surface area contributed by atoms with Gasteiger partial charge in [-0.2, -0.15) is 4.31 Å². The summed E-state index contributed by atoms with van der Waals surface area (Å²) in [5, 5.41) is 22.0. The second kappa shape index (κ2) is 9.03. The van der Waals surface area contributed by atoms with Crippen LogP contribution in [0.5, 0.6) is 0 Å². The van der Waals surface area contributed by atoms with Crippen molar-refractivity contribution in [1.29, 1.82) is 0 Å². The molecule has 30 heavy (non-hydrogen) atoms. The fraction of sp³-hybridized carbons (Fsp3) is 0.333. The van der Waals surface area contributed by atoms with E-state index in [1.165, 1.54) is 42.5 Å². The van der Waals surface area contributed by atoms with Gasteiger partial charge in [0.05, 0.1) is 11.0 Å². The van der Waals surface area contributed by atoms with Crippen LogP contribution in [-0.2, 0) is 16.6 Å².